The van der Waals surface area contributed by atoms with Gasteiger partial charge >= 0.3 is 6.03 Å². The largest absolute Gasteiger partial charge is 0.330 e. The summed E-state index contributed by atoms with van der Waals surface area (Å²) in [6.45, 7) is 3.48. The van der Waals surface area contributed by atoms with Gasteiger partial charge in [0, 0.05) is 19.6 Å². The topological polar surface area (TPSA) is 78.7 Å². The van der Waals surface area contributed by atoms with E-state index in [2.05, 4.69) is 22.3 Å². The van der Waals surface area contributed by atoms with Gasteiger partial charge in [0.05, 0.1) is 6.54 Å². The molecule has 1 aliphatic rings. The van der Waals surface area contributed by atoms with Crippen molar-refractivity contribution in [2.45, 2.75) is 13.0 Å². The molecule has 0 aliphatic carbocycles. The molecule has 0 spiro atoms. The summed E-state index contributed by atoms with van der Waals surface area (Å²) in [6.07, 6.45) is 0.896. The van der Waals surface area contributed by atoms with Crippen LogP contribution in [-0.2, 0) is 11.3 Å². The van der Waals surface area contributed by atoms with Gasteiger partial charge in [-0.25, -0.2) is 4.79 Å². The molecule has 3 amide bonds. The van der Waals surface area contributed by atoms with Gasteiger partial charge in [0.15, 0.2) is 0 Å². The SMILES string of the molecule is NCCCN(CCN1C(=O)CNC1=O)Cc1ccccc1. The fraction of sp³-hybridized carbons (Fsp3) is 0.467. The summed E-state index contributed by atoms with van der Waals surface area (Å²) in [5.41, 5.74) is 6.79. The summed E-state index contributed by atoms with van der Waals surface area (Å²) >= 11 is 0. The Morgan fingerprint density at radius 2 is 1.95 bits per heavy atom. The van der Waals surface area contributed by atoms with E-state index in [9.17, 15) is 9.59 Å². The van der Waals surface area contributed by atoms with E-state index in [1.807, 2.05) is 18.2 Å². The van der Waals surface area contributed by atoms with Gasteiger partial charge in [-0.3, -0.25) is 14.6 Å². The number of carbonyl (C=O) groups excluding carboxylic acids is 2. The van der Waals surface area contributed by atoms with Crippen LogP contribution in [0.3, 0.4) is 0 Å². The summed E-state index contributed by atoms with van der Waals surface area (Å²) in [5, 5.41) is 2.53. The van der Waals surface area contributed by atoms with Crippen LogP contribution in [0.5, 0.6) is 0 Å². The molecule has 6 nitrogen and oxygen atoms in total. The van der Waals surface area contributed by atoms with Gasteiger partial charge in [0.1, 0.15) is 0 Å². The summed E-state index contributed by atoms with van der Waals surface area (Å²) in [6, 6.07) is 9.85. The lowest BCUT2D eigenvalue weighted by molar-refractivity contribution is -0.125. The smallest absolute Gasteiger partial charge is 0.324 e. The second kappa shape index (κ2) is 7.75. The number of nitrogens with zero attached hydrogens (tertiary/aromatic N) is 2. The standard InChI is InChI=1S/C15H22N4O2/c16-7-4-8-18(12-13-5-2-1-3-6-13)9-10-19-14(20)11-17-15(19)21/h1-3,5-6H,4,7-12,16H2,(H,17,21). The number of carbonyl (C=O) groups is 2. The maximum absolute atomic E-state index is 11.6. The van der Waals surface area contributed by atoms with Crippen LogP contribution in [0.2, 0.25) is 0 Å². The Balaban J connectivity index is 1.90. The summed E-state index contributed by atoms with van der Waals surface area (Å²) in [4.78, 5) is 26.6. The number of nitrogens with two attached hydrogens (primary N) is 1. The first kappa shape index (κ1) is 15.5. The molecule has 3 N–H and O–H groups in total. The van der Waals surface area contributed by atoms with Gasteiger partial charge in [-0.15, -0.1) is 0 Å². The quantitative estimate of drug-likeness (QED) is 0.679. The Kier molecular flexibility index (Phi) is 5.71. The third kappa shape index (κ3) is 4.54. The van der Waals surface area contributed by atoms with Gasteiger partial charge in [-0.2, -0.15) is 0 Å². The third-order valence-electron chi connectivity index (χ3n) is 3.50. The molecule has 1 saturated heterocycles. The molecule has 1 aromatic rings. The van der Waals surface area contributed by atoms with Crippen LogP contribution in [0.15, 0.2) is 30.3 Å². The summed E-state index contributed by atoms with van der Waals surface area (Å²) in [5.74, 6) is -0.154. The lowest BCUT2D eigenvalue weighted by atomic mass is 10.2. The van der Waals surface area contributed by atoms with Crippen LogP contribution < -0.4 is 11.1 Å². The van der Waals surface area contributed by atoms with E-state index in [0.717, 1.165) is 19.5 Å². The van der Waals surface area contributed by atoms with E-state index in [-0.39, 0.29) is 18.5 Å². The van der Waals surface area contributed by atoms with Crippen molar-refractivity contribution in [1.82, 2.24) is 15.1 Å². The molecular formula is C15H22N4O2. The second-order valence-corrected chi connectivity index (χ2v) is 5.11. The predicted octanol–water partition coefficient (Wildman–Crippen LogP) is 0.389. The molecule has 6 heteroatoms. The summed E-state index contributed by atoms with van der Waals surface area (Å²) in [7, 11) is 0. The Labute approximate surface area is 124 Å². The number of hydrogen-bond acceptors (Lipinski definition) is 4. The zero-order chi connectivity index (χ0) is 15.1. The molecule has 0 aromatic heterocycles. The van der Waals surface area contributed by atoms with Gasteiger partial charge in [-0.05, 0) is 25.1 Å². The highest BCUT2D eigenvalue weighted by atomic mass is 16.2. The van der Waals surface area contributed by atoms with E-state index in [1.165, 1.54) is 10.5 Å². The van der Waals surface area contributed by atoms with Crippen molar-refractivity contribution < 1.29 is 9.59 Å². The second-order valence-electron chi connectivity index (χ2n) is 5.11. The van der Waals surface area contributed by atoms with Crippen molar-refractivity contribution in [1.29, 1.82) is 0 Å². The Hall–Kier alpha value is -1.92. The number of amides is 3. The molecule has 1 aliphatic heterocycles. The molecule has 2 rings (SSSR count). The number of nitrogens with one attached hydrogen (secondary N) is 1. The minimum atomic E-state index is -0.293. The van der Waals surface area contributed by atoms with Gasteiger partial charge < -0.3 is 11.1 Å². The molecule has 1 fully saturated rings. The Morgan fingerprint density at radius 1 is 1.19 bits per heavy atom. The highest BCUT2D eigenvalue weighted by molar-refractivity contribution is 6.01. The van der Waals surface area contributed by atoms with Gasteiger partial charge in [0.25, 0.3) is 0 Å². The molecule has 0 bridgehead atoms. The van der Waals surface area contributed by atoms with E-state index in [0.29, 0.717) is 19.6 Å². The first-order chi connectivity index (χ1) is 10.2. The van der Waals surface area contributed by atoms with Crippen molar-refractivity contribution in [2.75, 3.05) is 32.7 Å². The van der Waals surface area contributed by atoms with Crippen LogP contribution in [0.4, 0.5) is 4.79 Å². The number of urea groups is 1. The average Bonchev–Trinajstić information content (AvgIpc) is 2.82. The fourth-order valence-electron chi connectivity index (χ4n) is 2.35. The maximum atomic E-state index is 11.6. The highest BCUT2D eigenvalue weighted by Crippen LogP contribution is 2.06. The zero-order valence-corrected chi connectivity index (χ0v) is 12.1. The van der Waals surface area contributed by atoms with Crippen molar-refractivity contribution >= 4 is 11.9 Å². The Morgan fingerprint density at radius 3 is 2.57 bits per heavy atom. The lowest BCUT2D eigenvalue weighted by Crippen LogP contribution is -2.39. The predicted molar refractivity (Wildman–Crippen MR) is 80.5 cm³/mol. The fourth-order valence-corrected chi connectivity index (χ4v) is 2.35. The normalized spacial score (nSPS) is 14.9. The maximum Gasteiger partial charge on any atom is 0.324 e. The van der Waals surface area contributed by atoms with E-state index < -0.39 is 0 Å². The van der Waals surface area contributed by atoms with Crippen molar-refractivity contribution in [2.24, 2.45) is 5.73 Å². The first-order valence-corrected chi connectivity index (χ1v) is 7.25. The van der Waals surface area contributed by atoms with E-state index >= 15 is 0 Å². The minimum Gasteiger partial charge on any atom is -0.330 e. The number of rotatable bonds is 8. The zero-order valence-electron chi connectivity index (χ0n) is 12.1. The summed E-state index contributed by atoms with van der Waals surface area (Å²) < 4.78 is 0. The number of benzene rings is 1. The molecule has 0 saturated carbocycles. The molecule has 21 heavy (non-hydrogen) atoms. The molecule has 0 atom stereocenters. The van der Waals surface area contributed by atoms with Gasteiger partial charge in [0.2, 0.25) is 5.91 Å². The van der Waals surface area contributed by atoms with E-state index in [1.54, 1.807) is 0 Å². The van der Waals surface area contributed by atoms with E-state index in [4.69, 9.17) is 5.73 Å². The van der Waals surface area contributed by atoms with Crippen LogP contribution >= 0.6 is 0 Å². The van der Waals surface area contributed by atoms with Crippen LogP contribution in [0.25, 0.3) is 0 Å². The minimum absolute atomic E-state index is 0.111. The highest BCUT2D eigenvalue weighted by Gasteiger charge is 2.28. The van der Waals surface area contributed by atoms with Crippen molar-refractivity contribution in [3.8, 4) is 0 Å². The third-order valence-corrected chi connectivity index (χ3v) is 3.50. The molecule has 1 aromatic carbocycles. The molecule has 114 valence electrons. The van der Waals surface area contributed by atoms with Crippen LogP contribution in [-0.4, -0.2) is 54.5 Å². The van der Waals surface area contributed by atoms with Crippen molar-refractivity contribution in [3.05, 3.63) is 35.9 Å². The number of imide groups is 1. The monoisotopic (exact) mass is 290 g/mol. The van der Waals surface area contributed by atoms with Crippen LogP contribution in [0, 0.1) is 0 Å². The van der Waals surface area contributed by atoms with Gasteiger partial charge in [-0.1, -0.05) is 30.3 Å². The molecule has 1 heterocycles. The molecule has 0 radical (unpaired) electrons. The molecular weight excluding hydrogens is 268 g/mol. The van der Waals surface area contributed by atoms with Crippen molar-refractivity contribution in [3.63, 3.8) is 0 Å². The average molecular weight is 290 g/mol. The Bertz CT molecular complexity index is 462. The molecule has 0 unspecified atom stereocenters. The van der Waals surface area contributed by atoms with Crippen LogP contribution in [0.1, 0.15) is 12.0 Å². The number of hydrogen-bond donors (Lipinski definition) is 2. The lowest BCUT2D eigenvalue weighted by Gasteiger charge is -2.24. The first-order valence-electron chi connectivity index (χ1n) is 7.25.